The highest BCUT2D eigenvalue weighted by Crippen LogP contribution is 2.32. The largest absolute Gasteiger partial charge is 0.235 e. The van der Waals surface area contributed by atoms with Gasteiger partial charge in [-0.2, -0.15) is 0 Å². The van der Waals surface area contributed by atoms with Gasteiger partial charge in [0.1, 0.15) is 0 Å². The molecule has 3 rings (SSSR count). The van der Waals surface area contributed by atoms with Crippen molar-refractivity contribution in [2.24, 2.45) is 0 Å². The van der Waals surface area contributed by atoms with Gasteiger partial charge in [-0.3, -0.25) is 0 Å². The van der Waals surface area contributed by atoms with Crippen LogP contribution in [0.1, 0.15) is 43.7 Å². The van der Waals surface area contributed by atoms with Crippen LogP contribution < -0.4 is 0 Å². The smallest absolute Gasteiger partial charge is 0.159 e. The molecule has 0 N–H and O–H groups in total. The van der Waals surface area contributed by atoms with Crippen LogP contribution in [0.25, 0.3) is 11.0 Å². The highest BCUT2D eigenvalue weighted by molar-refractivity contribution is 9.10. The average Bonchev–Trinajstić information content (AvgIpc) is 2.39. The van der Waals surface area contributed by atoms with E-state index in [-0.39, 0.29) is 0 Å². The molecule has 0 aliphatic heterocycles. The molecule has 0 spiro atoms. The van der Waals surface area contributed by atoms with E-state index < -0.39 is 0 Å². The van der Waals surface area contributed by atoms with Crippen LogP contribution in [-0.2, 0) is 0 Å². The maximum Gasteiger partial charge on any atom is 0.159 e. The standard InChI is InChI=1S/C14H15BrN2/c15-12-8-11-6-7-13(17-14(11)16-9-12)10-4-2-1-3-5-10/h6-10H,1-5H2. The van der Waals surface area contributed by atoms with Gasteiger partial charge in [-0.25, -0.2) is 9.97 Å². The lowest BCUT2D eigenvalue weighted by atomic mass is 9.86. The van der Waals surface area contributed by atoms with E-state index in [1.54, 1.807) is 0 Å². The lowest BCUT2D eigenvalue weighted by Crippen LogP contribution is -2.06. The summed E-state index contributed by atoms with van der Waals surface area (Å²) in [5.41, 5.74) is 2.10. The molecule has 0 radical (unpaired) electrons. The van der Waals surface area contributed by atoms with E-state index in [0.29, 0.717) is 5.92 Å². The Balaban J connectivity index is 1.98. The Bertz CT molecular complexity index is 533. The molecule has 1 saturated carbocycles. The van der Waals surface area contributed by atoms with Gasteiger partial charge in [-0.1, -0.05) is 19.3 Å². The molecular formula is C14H15BrN2. The van der Waals surface area contributed by atoms with Crippen molar-refractivity contribution in [3.05, 3.63) is 34.6 Å². The van der Waals surface area contributed by atoms with Crippen LogP contribution in [0.15, 0.2) is 28.9 Å². The molecule has 2 aromatic rings. The number of fused-ring (bicyclic) bond motifs is 1. The zero-order valence-electron chi connectivity index (χ0n) is 9.69. The third-order valence-corrected chi connectivity index (χ3v) is 3.99. The van der Waals surface area contributed by atoms with Crippen molar-refractivity contribution in [2.45, 2.75) is 38.0 Å². The molecule has 17 heavy (non-hydrogen) atoms. The summed E-state index contributed by atoms with van der Waals surface area (Å²) in [6.45, 7) is 0. The van der Waals surface area contributed by atoms with Crippen molar-refractivity contribution in [2.75, 3.05) is 0 Å². The van der Waals surface area contributed by atoms with Crippen molar-refractivity contribution >= 4 is 27.0 Å². The minimum Gasteiger partial charge on any atom is -0.235 e. The van der Waals surface area contributed by atoms with Crippen LogP contribution in [0.2, 0.25) is 0 Å². The van der Waals surface area contributed by atoms with Gasteiger partial charge in [0.2, 0.25) is 0 Å². The number of nitrogens with zero attached hydrogens (tertiary/aromatic N) is 2. The monoisotopic (exact) mass is 290 g/mol. The minimum absolute atomic E-state index is 0.651. The van der Waals surface area contributed by atoms with Gasteiger partial charge in [-0.15, -0.1) is 0 Å². The van der Waals surface area contributed by atoms with E-state index >= 15 is 0 Å². The van der Waals surface area contributed by atoms with E-state index in [9.17, 15) is 0 Å². The summed E-state index contributed by atoms with van der Waals surface area (Å²) < 4.78 is 1.01. The first-order valence-corrected chi connectivity index (χ1v) is 7.04. The molecule has 0 amide bonds. The molecule has 1 aliphatic rings. The van der Waals surface area contributed by atoms with Crippen LogP contribution in [-0.4, -0.2) is 9.97 Å². The fraction of sp³-hybridized carbons (Fsp3) is 0.429. The maximum absolute atomic E-state index is 4.71. The lowest BCUT2D eigenvalue weighted by molar-refractivity contribution is 0.437. The second-order valence-corrected chi connectivity index (χ2v) is 5.69. The van der Waals surface area contributed by atoms with Crippen molar-refractivity contribution in [3.63, 3.8) is 0 Å². The Morgan fingerprint density at radius 2 is 1.94 bits per heavy atom. The minimum atomic E-state index is 0.651. The first-order valence-electron chi connectivity index (χ1n) is 6.25. The van der Waals surface area contributed by atoms with Crippen LogP contribution >= 0.6 is 15.9 Å². The third kappa shape index (κ3) is 2.34. The van der Waals surface area contributed by atoms with E-state index in [1.807, 2.05) is 6.20 Å². The Hall–Kier alpha value is -0.960. The first kappa shape index (κ1) is 11.1. The molecule has 3 heteroatoms. The van der Waals surface area contributed by atoms with Gasteiger partial charge in [0.15, 0.2) is 5.65 Å². The fourth-order valence-corrected chi connectivity index (χ4v) is 2.97. The molecule has 2 nitrogen and oxygen atoms in total. The van der Waals surface area contributed by atoms with Crippen LogP contribution in [0.5, 0.6) is 0 Å². The predicted octanol–water partition coefficient (Wildman–Crippen LogP) is 4.44. The molecule has 0 bridgehead atoms. The number of aromatic nitrogens is 2. The van der Waals surface area contributed by atoms with Gasteiger partial charge in [0, 0.05) is 27.7 Å². The zero-order chi connectivity index (χ0) is 11.7. The first-order chi connectivity index (χ1) is 8.33. The van der Waals surface area contributed by atoms with Gasteiger partial charge >= 0.3 is 0 Å². The lowest BCUT2D eigenvalue weighted by Gasteiger charge is -2.21. The third-order valence-electron chi connectivity index (χ3n) is 3.55. The van der Waals surface area contributed by atoms with Crippen molar-refractivity contribution < 1.29 is 0 Å². The van der Waals surface area contributed by atoms with Gasteiger partial charge in [-0.05, 0) is 47.0 Å². The summed E-state index contributed by atoms with van der Waals surface area (Å²) in [5.74, 6) is 0.651. The SMILES string of the molecule is Brc1cnc2nc(C3CCCCC3)ccc2c1. The van der Waals surface area contributed by atoms with E-state index in [2.05, 4.69) is 39.1 Å². The Kier molecular flexibility index (Phi) is 3.10. The molecule has 88 valence electrons. The Morgan fingerprint density at radius 3 is 2.76 bits per heavy atom. The summed E-state index contributed by atoms with van der Waals surface area (Å²) >= 11 is 3.44. The molecule has 0 unspecified atom stereocenters. The summed E-state index contributed by atoms with van der Waals surface area (Å²) in [5, 5.41) is 1.11. The summed E-state index contributed by atoms with van der Waals surface area (Å²) in [6.07, 6.45) is 8.47. The predicted molar refractivity (Wildman–Crippen MR) is 73.1 cm³/mol. The number of halogens is 1. The number of hydrogen-bond donors (Lipinski definition) is 0. The summed E-state index contributed by atoms with van der Waals surface area (Å²) in [6, 6.07) is 6.39. The molecule has 2 aromatic heterocycles. The fourth-order valence-electron chi connectivity index (χ4n) is 2.62. The molecule has 1 aliphatic carbocycles. The van der Waals surface area contributed by atoms with E-state index in [0.717, 1.165) is 15.5 Å². The second-order valence-electron chi connectivity index (χ2n) is 4.77. The highest BCUT2D eigenvalue weighted by Gasteiger charge is 2.16. The number of pyridine rings is 2. The normalized spacial score (nSPS) is 17.5. The average molecular weight is 291 g/mol. The molecule has 0 aromatic carbocycles. The molecule has 1 fully saturated rings. The van der Waals surface area contributed by atoms with Crippen LogP contribution in [0.4, 0.5) is 0 Å². The Morgan fingerprint density at radius 1 is 1.12 bits per heavy atom. The Labute approximate surface area is 110 Å². The molecule has 0 saturated heterocycles. The molecule has 0 atom stereocenters. The zero-order valence-corrected chi connectivity index (χ0v) is 11.3. The number of hydrogen-bond acceptors (Lipinski definition) is 2. The highest BCUT2D eigenvalue weighted by atomic mass is 79.9. The molecule has 2 heterocycles. The quantitative estimate of drug-likeness (QED) is 0.776. The van der Waals surface area contributed by atoms with E-state index in [1.165, 1.54) is 37.8 Å². The van der Waals surface area contributed by atoms with Crippen molar-refractivity contribution in [1.82, 2.24) is 9.97 Å². The number of rotatable bonds is 1. The summed E-state index contributed by atoms with van der Waals surface area (Å²) in [7, 11) is 0. The van der Waals surface area contributed by atoms with Crippen molar-refractivity contribution in [1.29, 1.82) is 0 Å². The van der Waals surface area contributed by atoms with Crippen molar-refractivity contribution in [3.8, 4) is 0 Å². The van der Waals surface area contributed by atoms with Gasteiger partial charge < -0.3 is 0 Å². The van der Waals surface area contributed by atoms with Crippen LogP contribution in [0.3, 0.4) is 0 Å². The summed E-state index contributed by atoms with van der Waals surface area (Å²) in [4.78, 5) is 9.09. The van der Waals surface area contributed by atoms with E-state index in [4.69, 9.17) is 4.98 Å². The second kappa shape index (κ2) is 4.73. The maximum atomic E-state index is 4.71. The topological polar surface area (TPSA) is 25.8 Å². The molecular weight excluding hydrogens is 276 g/mol. The van der Waals surface area contributed by atoms with Gasteiger partial charge in [0.05, 0.1) is 0 Å². The van der Waals surface area contributed by atoms with Gasteiger partial charge in [0.25, 0.3) is 0 Å². The van der Waals surface area contributed by atoms with Crippen LogP contribution in [0, 0.1) is 0 Å².